The lowest BCUT2D eigenvalue weighted by Crippen LogP contribution is -2.15. The first kappa shape index (κ1) is 19.9. The third kappa shape index (κ3) is 4.19. The third-order valence-corrected chi connectivity index (χ3v) is 4.86. The molecule has 0 aliphatic carbocycles. The van der Waals surface area contributed by atoms with Gasteiger partial charge in [0.15, 0.2) is 0 Å². The Morgan fingerprint density at radius 2 is 1.96 bits per heavy atom. The molecule has 0 fully saturated rings. The highest BCUT2D eigenvalue weighted by Crippen LogP contribution is 2.33. The minimum atomic E-state index is -4.55. The van der Waals surface area contributed by atoms with Gasteiger partial charge in [0, 0.05) is 30.4 Å². The van der Waals surface area contributed by atoms with Crippen molar-refractivity contribution >= 4 is 39.9 Å². The highest BCUT2D eigenvalue weighted by Gasteiger charge is 2.32. The van der Waals surface area contributed by atoms with Crippen molar-refractivity contribution in [1.82, 2.24) is 9.97 Å². The summed E-state index contributed by atoms with van der Waals surface area (Å²) < 4.78 is 38.9. The zero-order valence-corrected chi connectivity index (χ0v) is 15.9. The largest absolute Gasteiger partial charge is 0.417 e. The summed E-state index contributed by atoms with van der Waals surface area (Å²) in [4.78, 5) is 20.7. The van der Waals surface area contributed by atoms with Crippen LogP contribution in [0.15, 0.2) is 47.8 Å². The van der Waals surface area contributed by atoms with Gasteiger partial charge in [0.2, 0.25) is 0 Å². The molecule has 0 unspecified atom stereocenters. The number of rotatable bonds is 5. The van der Waals surface area contributed by atoms with E-state index in [1.165, 1.54) is 7.05 Å². The van der Waals surface area contributed by atoms with Crippen molar-refractivity contribution in [3.05, 3.63) is 53.9 Å². The Balaban J connectivity index is 1.93. The summed E-state index contributed by atoms with van der Waals surface area (Å²) in [6, 6.07) is 7.75. The smallest absolute Gasteiger partial charge is 0.371 e. The van der Waals surface area contributed by atoms with Gasteiger partial charge in [-0.15, -0.1) is 11.8 Å². The van der Waals surface area contributed by atoms with Gasteiger partial charge < -0.3 is 10.6 Å². The van der Waals surface area contributed by atoms with Crippen LogP contribution in [0.5, 0.6) is 0 Å². The number of carbonyl (C=O) groups excluding carboxylic acids is 1. The molecule has 1 amide bonds. The van der Waals surface area contributed by atoms with Crippen molar-refractivity contribution in [1.29, 1.82) is 0 Å². The molecule has 1 aromatic carbocycles. The number of thioether (sulfide) groups is 1. The summed E-state index contributed by atoms with van der Waals surface area (Å²) in [5.74, 6) is 0.484. The molecule has 28 heavy (non-hydrogen) atoms. The lowest BCUT2D eigenvalue weighted by atomic mass is 10.1. The summed E-state index contributed by atoms with van der Waals surface area (Å²) >= 11 is 1.60. The number of pyridine rings is 2. The third-order valence-electron chi connectivity index (χ3n) is 3.97. The Morgan fingerprint density at radius 1 is 1.18 bits per heavy atom. The number of nitrogens with one attached hydrogen (secondary N) is 2. The molecule has 0 saturated heterocycles. The Hall–Kier alpha value is -2.81. The van der Waals surface area contributed by atoms with Gasteiger partial charge in [0.25, 0.3) is 5.91 Å². The lowest BCUT2D eigenvalue weighted by molar-refractivity contribution is -0.137. The number of halogens is 3. The van der Waals surface area contributed by atoms with Gasteiger partial charge >= 0.3 is 6.18 Å². The van der Waals surface area contributed by atoms with E-state index in [4.69, 9.17) is 0 Å². The molecule has 3 aromatic rings. The second-order valence-corrected chi connectivity index (χ2v) is 7.06. The SMILES string of the molecule is CCSc1nccc2cc(C(=O)Nc3cc(C(F)(F)F)cnc3NC)ccc12. The van der Waals surface area contributed by atoms with E-state index in [0.717, 1.165) is 33.8 Å². The molecule has 2 aromatic heterocycles. The number of amides is 1. The average Bonchev–Trinajstić information content (AvgIpc) is 2.67. The zero-order valence-electron chi connectivity index (χ0n) is 15.1. The van der Waals surface area contributed by atoms with Gasteiger partial charge in [-0.05, 0) is 35.4 Å². The normalized spacial score (nSPS) is 11.5. The number of alkyl halides is 3. The van der Waals surface area contributed by atoms with E-state index in [2.05, 4.69) is 20.6 Å². The Kier molecular flexibility index (Phi) is 5.73. The molecule has 0 saturated carbocycles. The molecule has 2 heterocycles. The van der Waals surface area contributed by atoms with Crippen LogP contribution in [-0.4, -0.2) is 28.7 Å². The maximum absolute atomic E-state index is 13.0. The van der Waals surface area contributed by atoms with Crippen molar-refractivity contribution in [2.75, 3.05) is 23.4 Å². The van der Waals surface area contributed by atoms with Gasteiger partial charge in [0.05, 0.1) is 11.3 Å². The first-order chi connectivity index (χ1) is 13.3. The predicted molar refractivity (Wildman–Crippen MR) is 105 cm³/mol. The average molecular weight is 406 g/mol. The molecule has 9 heteroatoms. The van der Waals surface area contributed by atoms with E-state index >= 15 is 0 Å². The first-order valence-electron chi connectivity index (χ1n) is 8.41. The molecule has 0 radical (unpaired) electrons. The number of aromatic nitrogens is 2. The molecule has 3 rings (SSSR count). The van der Waals surface area contributed by atoms with Gasteiger partial charge in [-0.3, -0.25) is 4.79 Å². The number of fused-ring (bicyclic) bond motifs is 1. The topological polar surface area (TPSA) is 66.9 Å². The quantitative estimate of drug-likeness (QED) is 0.580. The van der Waals surface area contributed by atoms with Crippen LogP contribution in [0.1, 0.15) is 22.8 Å². The number of hydrogen-bond donors (Lipinski definition) is 2. The number of anilines is 2. The molecule has 0 bridgehead atoms. The predicted octanol–water partition coefficient (Wildman–Crippen LogP) is 5.05. The molecular formula is C19H17F3N4OS. The van der Waals surface area contributed by atoms with Crippen LogP contribution in [0.2, 0.25) is 0 Å². The van der Waals surface area contributed by atoms with Crippen LogP contribution in [0.3, 0.4) is 0 Å². The van der Waals surface area contributed by atoms with E-state index in [9.17, 15) is 18.0 Å². The number of hydrogen-bond acceptors (Lipinski definition) is 5. The van der Waals surface area contributed by atoms with Crippen molar-refractivity contribution in [2.45, 2.75) is 18.1 Å². The summed E-state index contributed by atoms with van der Waals surface area (Å²) in [6.07, 6.45) is -2.17. The minimum Gasteiger partial charge on any atom is -0.371 e. The maximum Gasteiger partial charge on any atom is 0.417 e. The Morgan fingerprint density at radius 3 is 2.64 bits per heavy atom. The highest BCUT2D eigenvalue weighted by atomic mass is 32.2. The van der Waals surface area contributed by atoms with E-state index in [1.54, 1.807) is 42.2 Å². The summed E-state index contributed by atoms with van der Waals surface area (Å²) in [5, 5.41) is 7.80. The molecule has 5 nitrogen and oxygen atoms in total. The van der Waals surface area contributed by atoms with Crippen LogP contribution in [0, 0.1) is 0 Å². The molecular weight excluding hydrogens is 389 g/mol. The summed E-state index contributed by atoms with van der Waals surface area (Å²) in [7, 11) is 1.52. The van der Waals surface area contributed by atoms with Crippen molar-refractivity contribution in [3.63, 3.8) is 0 Å². The monoisotopic (exact) mass is 406 g/mol. The van der Waals surface area contributed by atoms with E-state index in [0.29, 0.717) is 5.56 Å². The number of carbonyl (C=O) groups is 1. The molecule has 0 atom stereocenters. The van der Waals surface area contributed by atoms with E-state index < -0.39 is 17.6 Å². The second kappa shape index (κ2) is 8.05. The molecule has 2 N–H and O–H groups in total. The first-order valence-corrected chi connectivity index (χ1v) is 9.40. The molecule has 146 valence electrons. The van der Waals surface area contributed by atoms with Crippen LogP contribution < -0.4 is 10.6 Å². The van der Waals surface area contributed by atoms with E-state index in [1.807, 2.05) is 6.92 Å². The van der Waals surface area contributed by atoms with Crippen LogP contribution in [0.25, 0.3) is 10.8 Å². The molecule has 0 spiro atoms. The fourth-order valence-electron chi connectivity index (χ4n) is 2.65. The maximum atomic E-state index is 13.0. The summed E-state index contributed by atoms with van der Waals surface area (Å²) in [6.45, 7) is 2.02. The number of nitrogens with zero attached hydrogens (tertiary/aromatic N) is 2. The Bertz CT molecular complexity index is 1020. The van der Waals surface area contributed by atoms with Crippen molar-refractivity contribution < 1.29 is 18.0 Å². The standard InChI is InChI=1S/C19H17F3N4OS/c1-3-28-18-14-5-4-12(8-11(14)6-7-24-18)17(27)26-15-9-13(19(20,21)22)10-25-16(15)23-2/h4-10H,3H2,1-2H3,(H,23,25)(H,26,27). The van der Waals surface area contributed by atoms with Crippen molar-refractivity contribution in [3.8, 4) is 0 Å². The fraction of sp³-hybridized carbons (Fsp3) is 0.211. The second-order valence-electron chi connectivity index (χ2n) is 5.81. The molecule has 0 aliphatic rings. The van der Waals surface area contributed by atoms with Gasteiger partial charge in [-0.2, -0.15) is 13.2 Å². The van der Waals surface area contributed by atoms with Crippen LogP contribution >= 0.6 is 11.8 Å². The van der Waals surface area contributed by atoms with Gasteiger partial charge in [-0.1, -0.05) is 13.0 Å². The molecule has 0 aliphatic heterocycles. The van der Waals surface area contributed by atoms with Gasteiger partial charge in [-0.25, -0.2) is 9.97 Å². The van der Waals surface area contributed by atoms with Crippen LogP contribution in [-0.2, 0) is 6.18 Å². The van der Waals surface area contributed by atoms with Gasteiger partial charge in [0.1, 0.15) is 10.8 Å². The zero-order chi connectivity index (χ0) is 20.3. The van der Waals surface area contributed by atoms with E-state index in [-0.39, 0.29) is 11.5 Å². The summed E-state index contributed by atoms with van der Waals surface area (Å²) in [5.41, 5.74) is -0.655. The fourth-order valence-corrected chi connectivity index (χ4v) is 3.40. The lowest BCUT2D eigenvalue weighted by Gasteiger charge is -2.13. The number of benzene rings is 1. The Labute approximate surface area is 163 Å². The van der Waals surface area contributed by atoms with Crippen LogP contribution in [0.4, 0.5) is 24.7 Å². The highest BCUT2D eigenvalue weighted by molar-refractivity contribution is 7.99. The van der Waals surface area contributed by atoms with Crippen molar-refractivity contribution in [2.24, 2.45) is 0 Å². The minimum absolute atomic E-state index is 0.0422.